The van der Waals surface area contributed by atoms with Crippen LogP contribution in [0.4, 0.5) is 13.2 Å². The van der Waals surface area contributed by atoms with Gasteiger partial charge in [-0.1, -0.05) is 6.07 Å². The first-order valence-corrected chi connectivity index (χ1v) is 11.4. The number of hydrogen-bond acceptors (Lipinski definition) is 3. The van der Waals surface area contributed by atoms with Crippen molar-refractivity contribution in [2.45, 2.75) is 71.2 Å². The van der Waals surface area contributed by atoms with E-state index >= 15 is 0 Å². The lowest BCUT2D eigenvalue weighted by Crippen LogP contribution is -2.29. The van der Waals surface area contributed by atoms with Crippen molar-refractivity contribution in [3.8, 4) is 0 Å². The monoisotopic (exact) mass is 418 g/mol. The molecule has 0 aromatic heterocycles. The fraction of sp³-hybridized carbons (Fsp3) is 0.667. The molecule has 0 atom stereocenters. The lowest BCUT2D eigenvalue weighted by molar-refractivity contribution is -0.138. The molecule has 0 aliphatic heterocycles. The predicted molar refractivity (Wildman–Crippen MR) is 104 cm³/mol. The van der Waals surface area contributed by atoms with Crippen LogP contribution in [0.15, 0.2) is 12.1 Å². The second-order valence-electron chi connectivity index (χ2n) is 8.26. The van der Waals surface area contributed by atoms with Crippen LogP contribution in [0.2, 0.25) is 0 Å². The molecule has 7 heteroatoms. The summed E-state index contributed by atoms with van der Waals surface area (Å²) in [7, 11) is -3.09. The molecule has 0 radical (unpaired) electrons. The lowest BCUT2D eigenvalue weighted by Gasteiger charge is -2.28. The Kier molecular flexibility index (Phi) is 7.00. The van der Waals surface area contributed by atoms with E-state index in [1.807, 2.05) is 0 Å². The molecule has 0 heterocycles. The summed E-state index contributed by atoms with van der Waals surface area (Å²) in [5.74, 6) is 0.155. The SMILES string of the molecule is Cc1c(CC(=O)C2CCC(CS(=O)(=O)C(C)C)CC2)ccc(C(F)(F)F)c1C. The smallest absolute Gasteiger partial charge is 0.299 e. The minimum absolute atomic E-state index is 0.0347. The maximum atomic E-state index is 13.0. The first kappa shape index (κ1) is 22.9. The van der Waals surface area contributed by atoms with Gasteiger partial charge in [0.15, 0.2) is 9.84 Å². The normalized spacial score (nSPS) is 21.1. The molecule has 2 rings (SSSR count). The second-order valence-corrected chi connectivity index (χ2v) is 10.9. The largest absolute Gasteiger partial charge is 0.416 e. The summed E-state index contributed by atoms with van der Waals surface area (Å²) in [5.41, 5.74) is 0.661. The van der Waals surface area contributed by atoms with Crippen LogP contribution >= 0.6 is 0 Å². The van der Waals surface area contributed by atoms with Crippen LogP contribution in [0, 0.1) is 25.7 Å². The van der Waals surface area contributed by atoms with Crippen molar-refractivity contribution in [2.24, 2.45) is 11.8 Å². The fourth-order valence-electron chi connectivity index (χ4n) is 3.88. The molecule has 0 bridgehead atoms. The van der Waals surface area contributed by atoms with Crippen LogP contribution in [0.1, 0.15) is 61.8 Å². The molecule has 1 aliphatic rings. The van der Waals surface area contributed by atoms with Gasteiger partial charge in [-0.05, 0) is 82.1 Å². The van der Waals surface area contributed by atoms with Crippen molar-refractivity contribution in [1.29, 1.82) is 0 Å². The summed E-state index contributed by atoms with van der Waals surface area (Å²) < 4.78 is 63.2. The third kappa shape index (κ3) is 5.37. The number of hydrogen-bond donors (Lipinski definition) is 0. The molecule has 1 aromatic carbocycles. The fourth-order valence-corrected chi connectivity index (χ4v) is 5.25. The van der Waals surface area contributed by atoms with Gasteiger partial charge in [-0.3, -0.25) is 4.79 Å². The average molecular weight is 419 g/mol. The number of alkyl halides is 3. The van der Waals surface area contributed by atoms with Crippen molar-refractivity contribution in [3.05, 3.63) is 34.4 Å². The second kappa shape index (κ2) is 8.56. The van der Waals surface area contributed by atoms with E-state index in [-0.39, 0.29) is 35.4 Å². The van der Waals surface area contributed by atoms with Gasteiger partial charge in [0.2, 0.25) is 0 Å². The Hall–Kier alpha value is -1.37. The number of ketones is 1. The molecule has 28 heavy (non-hydrogen) atoms. The van der Waals surface area contributed by atoms with E-state index in [4.69, 9.17) is 0 Å². The van der Waals surface area contributed by atoms with Gasteiger partial charge in [0.05, 0.1) is 16.6 Å². The summed E-state index contributed by atoms with van der Waals surface area (Å²) >= 11 is 0. The Morgan fingerprint density at radius 3 is 2.14 bits per heavy atom. The maximum absolute atomic E-state index is 13.0. The van der Waals surface area contributed by atoms with Crippen LogP contribution < -0.4 is 0 Å². The predicted octanol–water partition coefficient (Wildman–Crippen LogP) is 5.06. The van der Waals surface area contributed by atoms with Crippen molar-refractivity contribution < 1.29 is 26.4 Å². The standard InChI is InChI=1S/C21H29F3O3S/c1-13(2)28(26,27)12-16-5-7-17(8-6-16)20(25)11-18-9-10-19(21(22,23)24)15(4)14(18)3/h9-10,13,16-17H,5-8,11-12H2,1-4H3. The van der Waals surface area contributed by atoms with Gasteiger partial charge in [0.1, 0.15) is 5.78 Å². The zero-order valence-electron chi connectivity index (χ0n) is 16.9. The van der Waals surface area contributed by atoms with Crippen molar-refractivity contribution in [2.75, 3.05) is 5.75 Å². The number of sulfone groups is 1. The number of benzene rings is 1. The minimum Gasteiger partial charge on any atom is -0.299 e. The van der Waals surface area contributed by atoms with Crippen LogP contribution in [-0.2, 0) is 27.2 Å². The summed E-state index contributed by atoms with van der Waals surface area (Å²) in [6.45, 7) is 6.42. The van der Waals surface area contributed by atoms with Gasteiger partial charge in [-0.2, -0.15) is 13.2 Å². The van der Waals surface area contributed by atoms with Crippen LogP contribution in [-0.4, -0.2) is 25.2 Å². The first-order valence-electron chi connectivity index (χ1n) is 9.73. The van der Waals surface area contributed by atoms with E-state index in [0.29, 0.717) is 36.8 Å². The van der Waals surface area contributed by atoms with Crippen LogP contribution in [0.5, 0.6) is 0 Å². The van der Waals surface area contributed by atoms with E-state index in [1.54, 1.807) is 20.8 Å². The molecule has 158 valence electrons. The first-order chi connectivity index (χ1) is 12.8. The highest BCUT2D eigenvalue weighted by molar-refractivity contribution is 7.91. The van der Waals surface area contributed by atoms with Crippen LogP contribution in [0.25, 0.3) is 0 Å². The Morgan fingerprint density at radius 1 is 1.07 bits per heavy atom. The van der Waals surface area contributed by atoms with E-state index < -0.39 is 26.8 Å². The summed E-state index contributed by atoms with van der Waals surface area (Å²) in [5, 5.41) is -0.391. The Bertz CT molecular complexity index is 818. The Balaban J connectivity index is 1.99. The van der Waals surface area contributed by atoms with E-state index in [1.165, 1.54) is 13.0 Å². The van der Waals surface area contributed by atoms with E-state index in [9.17, 15) is 26.4 Å². The highest BCUT2D eigenvalue weighted by Crippen LogP contribution is 2.35. The highest BCUT2D eigenvalue weighted by Gasteiger charge is 2.34. The lowest BCUT2D eigenvalue weighted by atomic mass is 9.79. The highest BCUT2D eigenvalue weighted by atomic mass is 32.2. The topological polar surface area (TPSA) is 51.2 Å². The number of rotatable bonds is 6. The summed E-state index contributed by atoms with van der Waals surface area (Å²) in [6.07, 6.45) is -1.57. The maximum Gasteiger partial charge on any atom is 0.416 e. The summed E-state index contributed by atoms with van der Waals surface area (Å²) in [4.78, 5) is 12.7. The quantitative estimate of drug-likeness (QED) is 0.649. The molecule has 3 nitrogen and oxygen atoms in total. The molecular weight excluding hydrogens is 389 g/mol. The number of halogens is 3. The number of Topliss-reactive ketones (excluding diaryl/α,β-unsaturated/α-hetero) is 1. The molecule has 0 amide bonds. The molecular formula is C21H29F3O3S. The van der Waals surface area contributed by atoms with Gasteiger partial charge in [-0.15, -0.1) is 0 Å². The molecule has 1 aliphatic carbocycles. The van der Waals surface area contributed by atoms with Gasteiger partial charge >= 0.3 is 6.18 Å². The third-order valence-corrected chi connectivity index (χ3v) is 8.43. The molecule has 0 saturated heterocycles. The van der Waals surface area contributed by atoms with Crippen LogP contribution in [0.3, 0.4) is 0 Å². The number of carbonyl (C=O) groups excluding carboxylic acids is 1. The average Bonchev–Trinajstić information content (AvgIpc) is 2.58. The van der Waals surface area contributed by atoms with Crippen molar-refractivity contribution in [1.82, 2.24) is 0 Å². The molecule has 1 aromatic rings. The van der Waals surface area contributed by atoms with Gasteiger partial charge in [-0.25, -0.2) is 8.42 Å². The zero-order chi connectivity index (χ0) is 21.3. The Morgan fingerprint density at radius 2 is 1.64 bits per heavy atom. The zero-order valence-corrected chi connectivity index (χ0v) is 17.7. The molecule has 0 unspecified atom stereocenters. The molecule has 1 saturated carbocycles. The van der Waals surface area contributed by atoms with E-state index in [2.05, 4.69) is 0 Å². The molecule has 1 fully saturated rings. The Labute approximate surface area is 165 Å². The third-order valence-electron chi connectivity index (χ3n) is 6.06. The molecule has 0 N–H and O–H groups in total. The number of carbonyl (C=O) groups is 1. The van der Waals surface area contributed by atoms with Gasteiger partial charge < -0.3 is 0 Å². The summed E-state index contributed by atoms with van der Waals surface area (Å²) in [6, 6.07) is 2.46. The molecule has 0 spiro atoms. The van der Waals surface area contributed by atoms with Crippen molar-refractivity contribution >= 4 is 15.6 Å². The van der Waals surface area contributed by atoms with Gasteiger partial charge in [0, 0.05) is 12.3 Å². The van der Waals surface area contributed by atoms with E-state index in [0.717, 1.165) is 6.07 Å². The van der Waals surface area contributed by atoms with Crippen molar-refractivity contribution in [3.63, 3.8) is 0 Å². The van der Waals surface area contributed by atoms with Gasteiger partial charge in [0.25, 0.3) is 0 Å². The minimum atomic E-state index is -4.40.